The van der Waals surface area contributed by atoms with E-state index in [1.165, 1.54) is 0 Å². The molecule has 1 unspecified atom stereocenters. The molecule has 1 amide bonds. The average Bonchev–Trinajstić information content (AvgIpc) is 2.28. The highest BCUT2D eigenvalue weighted by molar-refractivity contribution is 7.93. The Morgan fingerprint density at radius 1 is 1.22 bits per heavy atom. The lowest BCUT2D eigenvalue weighted by molar-refractivity contribution is -0.115. The fraction of sp³-hybridized carbons (Fsp3) is 0.333. The summed E-state index contributed by atoms with van der Waals surface area (Å²) < 4.78 is 23.7. The Morgan fingerprint density at radius 2 is 1.78 bits per heavy atom. The van der Waals surface area contributed by atoms with Gasteiger partial charge in [0.15, 0.2) is 15.6 Å². The summed E-state index contributed by atoms with van der Waals surface area (Å²) in [6.45, 7) is 1.59. The topological polar surface area (TPSA) is 94.3 Å². The zero-order valence-electron chi connectivity index (χ0n) is 10.00. The van der Waals surface area contributed by atoms with Crippen LogP contribution in [0.5, 0.6) is 0 Å². The summed E-state index contributed by atoms with van der Waals surface area (Å²) in [5.41, 5.74) is 5.20. The second kappa shape index (κ2) is 5.77. The third kappa shape index (κ3) is 3.40. The molecule has 0 fully saturated rings. The summed E-state index contributed by atoms with van der Waals surface area (Å²) in [5.74, 6) is -2.25. The first kappa shape index (κ1) is 14.4. The maximum absolute atomic E-state index is 12.1. The Balaban J connectivity index is 3.05. The molecule has 1 aromatic rings. The Kier molecular flexibility index (Phi) is 4.61. The van der Waals surface area contributed by atoms with Gasteiger partial charge in [0.25, 0.3) is 0 Å². The Labute approximate surface area is 106 Å². The molecule has 0 aliphatic heterocycles. The third-order valence-electron chi connectivity index (χ3n) is 2.50. The molecule has 1 aromatic carbocycles. The first-order valence-corrected chi connectivity index (χ1v) is 7.19. The number of rotatable bonds is 6. The van der Waals surface area contributed by atoms with Gasteiger partial charge < -0.3 is 5.73 Å². The largest absolute Gasteiger partial charge is 0.369 e. The maximum Gasteiger partial charge on any atom is 0.232 e. The number of sulfone groups is 1. The first-order chi connectivity index (χ1) is 8.38. The van der Waals surface area contributed by atoms with Crippen molar-refractivity contribution >= 4 is 21.5 Å². The average molecular weight is 269 g/mol. The molecule has 1 atom stereocenters. The molecule has 6 heteroatoms. The number of carbonyl (C=O) groups excluding carboxylic acids is 2. The number of primary amides is 1. The second-order valence-electron chi connectivity index (χ2n) is 3.90. The molecule has 0 aliphatic rings. The van der Waals surface area contributed by atoms with E-state index in [-0.39, 0.29) is 6.42 Å². The molecule has 0 aromatic heterocycles. The predicted molar refractivity (Wildman–Crippen MR) is 67.8 cm³/mol. The molecule has 0 radical (unpaired) electrons. The van der Waals surface area contributed by atoms with Gasteiger partial charge in [0.2, 0.25) is 5.91 Å². The lowest BCUT2D eigenvalue weighted by Crippen LogP contribution is -2.36. The zero-order chi connectivity index (χ0) is 13.8. The van der Waals surface area contributed by atoms with Crippen molar-refractivity contribution in [3.05, 3.63) is 35.9 Å². The van der Waals surface area contributed by atoms with E-state index in [1.807, 2.05) is 0 Å². The fourth-order valence-electron chi connectivity index (χ4n) is 1.69. The summed E-state index contributed by atoms with van der Waals surface area (Å²) >= 11 is 0. The number of hydrogen-bond acceptors (Lipinski definition) is 4. The Hall–Kier alpha value is -1.69. The van der Waals surface area contributed by atoms with Gasteiger partial charge in [-0.3, -0.25) is 9.59 Å². The minimum atomic E-state index is -3.84. The Bertz CT molecular complexity index is 536. The highest BCUT2D eigenvalue weighted by Crippen LogP contribution is 2.14. The van der Waals surface area contributed by atoms with Gasteiger partial charge in [0.05, 0.1) is 0 Å². The molecule has 0 saturated carbocycles. The molecule has 18 heavy (non-hydrogen) atoms. The van der Waals surface area contributed by atoms with E-state index < -0.39 is 32.5 Å². The molecular formula is C12H15NO4S. The van der Waals surface area contributed by atoms with Crippen LogP contribution in [0.2, 0.25) is 0 Å². The van der Waals surface area contributed by atoms with Gasteiger partial charge >= 0.3 is 0 Å². The van der Waals surface area contributed by atoms with Crippen molar-refractivity contribution in [1.82, 2.24) is 0 Å². The highest BCUT2D eigenvalue weighted by Gasteiger charge is 2.32. The van der Waals surface area contributed by atoms with Crippen LogP contribution in [0.1, 0.15) is 23.7 Å². The number of carbonyl (C=O) groups is 2. The zero-order valence-corrected chi connectivity index (χ0v) is 10.8. The second-order valence-corrected chi connectivity index (χ2v) is 6.08. The van der Waals surface area contributed by atoms with Gasteiger partial charge in [-0.25, -0.2) is 8.42 Å². The third-order valence-corrected chi connectivity index (χ3v) is 4.60. The quantitative estimate of drug-likeness (QED) is 0.763. The summed E-state index contributed by atoms with van der Waals surface area (Å²) in [6, 6.07) is 8.13. The van der Waals surface area contributed by atoms with Crippen LogP contribution >= 0.6 is 0 Å². The number of amides is 1. The van der Waals surface area contributed by atoms with Crippen LogP contribution in [0, 0.1) is 0 Å². The van der Waals surface area contributed by atoms with Crippen molar-refractivity contribution in [2.45, 2.75) is 18.6 Å². The number of ketones is 1. The van der Waals surface area contributed by atoms with E-state index in [9.17, 15) is 18.0 Å². The monoisotopic (exact) mass is 269 g/mol. The molecule has 0 aliphatic carbocycles. The number of hydrogen-bond donors (Lipinski definition) is 1. The van der Waals surface area contributed by atoms with Crippen LogP contribution in [-0.4, -0.2) is 31.1 Å². The molecule has 0 spiro atoms. The molecular weight excluding hydrogens is 254 g/mol. The van der Waals surface area contributed by atoms with Crippen molar-refractivity contribution < 1.29 is 18.0 Å². The van der Waals surface area contributed by atoms with Gasteiger partial charge in [0, 0.05) is 5.56 Å². The summed E-state index contributed by atoms with van der Waals surface area (Å²) in [6.07, 6.45) is 0.114. The van der Waals surface area contributed by atoms with Gasteiger partial charge in [0.1, 0.15) is 11.0 Å². The normalized spacial score (nSPS) is 12.9. The molecule has 0 heterocycles. The van der Waals surface area contributed by atoms with Crippen LogP contribution in [0.4, 0.5) is 0 Å². The Morgan fingerprint density at radius 3 is 2.22 bits per heavy atom. The lowest BCUT2D eigenvalue weighted by atomic mass is 10.1. The first-order valence-electron chi connectivity index (χ1n) is 5.47. The van der Waals surface area contributed by atoms with Gasteiger partial charge in [-0.05, 0) is 6.42 Å². The smallest absolute Gasteiger partial charge is 0.232 e. The summed E-state index contributed by atoms with van der Waals surface area (Å²) in [5, 5.41) is -1.22. The number of benzene rings is 1. The van der Waals surface area contributed by atoms with Crippen molar-refractivity contribution in [3.63, 3.8) is 0 Å². The maximum atomic E-state index is 12.1. The van der Waals surface area contributed by atoms with E-state index in [0.717, 1.165) is 0 Å². The number of nitrogens with two attached hydrogens (primary N) is 1. The van der Waals surface area contributed by atoms with Crippen LogP contribution in [0.15, 0.2) is 30.3 Å². The van der Waals surface area contributed by atoms with Crippen molar-refractivity contribution in [1.29, 1.82) is 0 Å². The van der Waals surface area contributed by atoms with Crippen molar-refractivity contribution in [3.8, 4) is 0 Å². The molecule has 0 bridgehead atoms. The van der Waals surface area contributed by atoms with Crippen LogP contribution in [0.25, 0.3) is 0 Å². The van der Waals surface area contributed by atoms with E-state index in [1.54, 1.807) is 37.3 Å². The van der Waals surface area contributed by atoms with E-state index in [4.69, 9.17) is 5.73 Å². The van der Waals surface area contributed by atoms with Gasteiger partial charge in [-0.15, -0.1) is 0 Å². The molecule has 0 saturated heterocycles. The molecule has 5 nitrogen and oxygen atoms in total. The van der Waals surface area contributed by atoms with E-state index >= 15 is 0 Å². The van der Waals surface area contributed by atoms with Crippen molar-refractivity contribution in [2.24, 2.45) is 5.73 Å². The van der Waals surface area contributed by atoms with Crippen LogP contribution in [0.3, 0.4) is 0 Å². The lowest BCUT2D eigenvalue weighted by Gasteiger charge is -2.13. The minimum absolute atomic E-state index is 0.114. The van der Waals surface area contributed by atoms with E-state index in [0.29, 0.717) is 5.56 Å². The molecule has 1 rings (SSSR count). The van der Waals surface area contributed by atoms with E-state index in [2.05, 4.69) is 0 Å². The number of Topliss-reactive ketones (excluding diaryl/α,β-unsaturated/α-hetero) is 1. The highest BCUT2D eigenvalue weighted by atomic mass is 32.2. The van der Waals surface area contributed by atoms with Crippen LogP contribution in [-0.2, 0) is 14.6 Å². The predicted octanol–water partition coefficient (Wildman–Crippen LogP) is 0.548. The van der Waals surface area contributed by atoms with Gasteiger partial charge in [-0.1, -0.05) is 37.3 Å². The summed E-state index contributed by atoms with van der Waals surface area (Å²) in [4.78, 5) is 22.8. The van der Waals surface area contributed by atoms with Crippen LogP contribution < -0.4 is 5.73 Å². The van der Waals surface area contributed by atoms with Crippen molar-refractivity contribution in [2.75, 3.05) is 5.75 Å². The van der Waals surface area contributed by atoms with Gasteiger partial charge in [-0.2, -0.15) is 0 Å². The SMILES string of the molecule is CCC(C(=O)c1ccccc1)S(=O)(=O)CC(N)=O. The fourth-order valence-corrected chi connectivity index (χ4v) is 3.26. The standard InChI is InChI=1S/C12H15NO4S/c1-2-10(18(16,17)8-11(13)14)12(15)9-6-4-3-5-7-9/h3-7,10H,2,8H2,1H3,(H2,13,14). The molecule has 2 N–H and O–H groups in total. The minimum Gasteiger partial charge on any atom is -0.369 e. The summed E-state index contributed by atoms with van der Waals surface area (Å²) in [7, 11) is -3.84. The molecule has 98 valence electrons.